The first-order valence-corrected chi connectivity index (χ1v) is 9.95. The summed E-state index contributed by atoms with van der Waals surface area (Å²) >= 11 is 7.28. The van der Waals surface area contributed by atoms with E-state index in [9.17, 15) is 0 Å². The van der Waals surface area contributed by atoms with Gasteiger partial charge in [-0.3, -0.25) is 4.90 Å². The van der Waals surface area contributed by atoms with Crippen LogP contribution in [0.25, 0.3) is 0 Å². The van der Waals surface area contributed by atoms with Gasteiger partial charge in [-0.15, -0.1) is 11.3 Å². The SMILES string of the molecule is Cc1ccc([C@H](NC(=S)NCCN2CCOCC2)c2cccs2)cc1. The number of ether oxygens (including phenoxy) is 1. The molecule has 0 saturated carbocycles. The summed E-state index contributed by atoms with van der Waals surface area (Å²) in [7, 11) is 0. The number of morpholine rings is 1. The van der Waals surface area contributed by atoms with Crippen molar-refractivity contribution >= 4 is 28.7 Å². The Balaban J connectivity index is 1.56. The molecule has 1 fully saturated rings. The van der Waals surface area contributed by atoms with Crippen LogP contribution in [0.2, 0.25) is 0 Å². The van der Waals surface area contributed by atoms with Crippen LogP contribution in [0.1, 0.15) is 22.0 Å². The molecule has 1 aliphatic rings. The summed E-state index contributed by atoms with van der Waals surface area (Å²) in [6.07, 6.45) is 0. The maximum Gasteiger partial charge on any atom is 0.167 e. The lowest BCUT2D eigenvalue weighted by atomic mass is 10.0. The van der Waals surface area contributed by atoms with Crippen molar-refractivity contribution in [2.45, 2.75) is 13.0 Å². The Morgan fingerprint density at radius 1 is 1.24 bits per heavy atom. The fourth-order valence-electron chi connectivity index (χ4n) is 2.87. The highest BCUT2D eigenvalue weighted by atomic mass is 32.1. The zero-order valence-electron chi connectivity index (χ0n) is 14.5. The number of thiocarbonyl (C=S) groups is 1. The Hall–Kier alpha value is -1.47. The van der Waals surface area contributed by atoms with E-state index in [1.54, 1.807) is 11.3 Å². The minimum atomic E-state index is 0.0870. The number of hydrogen-bond acceptors (Lipinski definition) is 4. The third kappa shape index (κ3) is 5.51. The molecule has 3 rings (SSSR count). The molecule has 0 radical (unpaired) electrons. The predicted molar refractivity (Wildman–Crippen MR) is 108 cm³/mol. The largest absolute Gasteiger partial charge is 0.379 e. The quantitative estimate of drug-likeness (QED) is 0.759. The number of hydrogen-bond donors (Lipinski definition) is 2. The van der Waals surface area contributed by atoms with Crippen molar-refractivity contribution in [2.75, 3.05) is 39.4 Å². The van der Waals surface area contributed by atoms with Gasteiger partial charge in [0.1, 0.15) is 0 Å². The molecule has 0 spiro atoms. The van der Waals surface area contributed by atoms with Gasteiger partial charge in [-0.25, -0.2) is 0 Å². The average Bonchev–Trinajstić information content (AvgIpc) is 3.16. The molecule has 1 aromatic heterocycles. The lowest BCUT2D eigenvalue weighted by Crippen LogP contribution is -2.44. The Bertz CT molecular complexity index is 652. The average molecular weight is 376 g/mol. The minimum Gasteiger partial charge on any atom is -0.379 e. The van der Waals surface area contributed by atoms with Crippen LogP contribution in [0.4, 0.5) is 0 Å². The Morgan fingerprint density at radius 3 is 2.68 bits per heavy atom. The number of thiophene rings is 1. The molecule has 134 valence electrons. The molecule has 0 bridgehead atoms. The monoisotopic (exact) mass is 375 g/mol. The van der Waals surface area contributed by atoms with Crippen LogP contribution < -0.4 is 10.6 Å². The van der Waals surface area contributed by atoms with Gasteiger partial charge in [0.05, 0.1) is 19.3 Å². The van der Waals surface area contributed by atoms with Crippen molar-refractivity contribution in [3.63, 3.8) is 0 Å². The molecule has 1 aromatic carbocycles. The van der Waals surface area contributed by atoms with E-state index in [1.807, 2.05) is 0 Å². The second-order valence-electron chi connectivity index (χ2n) is 6.21. The molecule has 2 heterocycles. The summed E-state index contributed by atoms with van der Waals surface area (Å²) in [5.74, 6) is 0. The highest BCUT2D eigenvalue weighted by molar-refractivity contribution is 7.80. The molecule has 2 aromatic rings. The van der Waals surface area contributed by atoms with Crippen molar-refractivity contribution in [1.82, 2.24) is 15.5 Å². The van der Waals surface area contributed by atoms with Crippen molar-refractivity contribution in [3.05, 3.63) is 57.8 Å². The summed E-state index contributed by atoms with van der Waals surface area (Å²) in [5, 5.41) is 9.63. The van der Waals surface area contributed by atoms with Gasteiger partial charge in [0.25, 0.3) is 0 Å². The number of benzene rings is 1. The molecule has 0 amide bonds. The van der Waals surface area contributed by atoms with Crippen LogP contribution in [0, 0.1) is 6.92 Å². The first-order valence-electron chi connectivity index (χ1n) is 8.67. The number of aryl methyl sites for hydroxylation is 1. The fraction of sp³-hybridized carbons (Fsp3) is 0.421. The second kappa shape index (κ2) is 9.29. The molecule has 1 saturated heterocycles. The van der Waals surface area contributed by atoms with Crippen LogP contribution in [0.15, 0.2) is 41.8 Å². The van der Waals surface area contributed by atoms with Gasteiger partial charge in [0, 0.05) is 31.1 Å². The van der Waals surface area contributed by atoms with E-state index in [1.165, 1.54) is 16.0 Å². The van der Waals surface area contributed by atoms with E-state index in [2.05, 4.69) is 64.2 Å². The van der Waals surface area contributed by atoms with Gasteiger partial charge >= 0.3 is 0 Å². The zero-order chi connectivity index (χ0) is 17.5. The molecular formula is C19H25N3OS2. The van der Waals surface area contributed by atoms with Crippen LogP contribution in [0.5, 0.6) is 0 Å². The Kier molecular flexibility index (Phi) is 6.81. The number of nitrogens with zero attached hydrogens (tertiary/aromatic N) is 1. The van der Waals surface area contributed by atoms with Gasteiger partial charge in [-0.05, 0) is 36.2 Å². The molecule has 25 heavy (non-hydrogen) atoms. The number of rotatable bonds is 6. The smallest absolute Gasteiger partial charge is 0.167 e. The first kappa shape index (κ1) is 18.3. The Morgan fingerprint density at radius 2 is 2.00 bits per heavy atom. The molecule has 0 aliphatic carbocycles. The number of nitrogens with one attached hydrogen (secondary N) is 2. The van der Waals surface area contributed by atoms with Crippen molar-refractivity contribution < 1.29 is 4.74 Å². The molecule has 6 heteroatoms. The molecule has 0 unspecified atom stereocenters. The fourth-order valence-corrected chi connectivity index (χ4v) is 3.89. The van der Waals surface area contributed by atoms with E-state index in [0.29, 0.717) is 5.11 Å². The zero-order valence-corrected chi connectivity index (χ0v) is 16.2. The van der Waals surface area contributed by atoms with Gasteiger partial charge in [-0.1, -0.05) is 35.9 Å². The maximum absolute atomic E-state index is 5.54. The molecule has 2 N–H and O–H groups in total. The van der Waals surface area contributed by atoms with Crippen molar-refractivity contribution in [1.29, 1.82) is 0 Å². The van der Waals surface area contributed by atoms with Gasteiger partial charge in [0.15, 0.2) is 5.11 Å². The normalized spacial score (nSPS) is 16.4. The van der Waals surface area contributed by atoms with Crippen LogP contribution in [-0.2, 0) is 4.74 Å². The molecular weight excluding hydrogens is 350 g/mol. The summed E-state index contributed by atoms with van der Waals surface area (Å²) < 4.78 is 5.38. The van der Waals surface area contributed by atoms with Gasteiger partial charge in [0.2, 0.25) is 0 Å². The molecule has 1 atom stereocenters. The van der Waals surface area contributed by atoms with Crippen molar-refractivity contribution in [2.24, 2.45) is 0 Å². The second-order valence-corrected chi connectivity index (χ2v) is 7.60. The van der Waals surface area contributed by atoms with E-state index in [-0.39, 0.29) is 6.04 Å². The van der Waals surface area contributed by atoms with E-state index in [4.69, 9.17) is 17.0 Å². The minimum absolute atomic E-state index is 0.0870. The summed E-state index contributed by atoms with van der Waals surface area (Å²) in [6, 6.07) is 12.9. The first-order chi connectivity index (χ1) is 12.2. The third-order valence-corrected chi connectivity index (χ3v) is 5.53. The van der Waals surface area contributed by atoms with Crippen LogP contribution in [-0.4, -0.2) is 49.4 Å². The molecule has 4 nitrogen and oxygen atoms in total. The topological polar surface area (TPSA) is 36.5 Å². The van der Waals surface area contributed by atoms with Crippen molar-refractivity contribution in [3.8, 4) is 0 Å². The van der Waals surface area contributed by atoms with E-state index < -0.39 is 0 Å². The van der Waals surface area contributed by atoms with Gasteiger partial charge in [-0.2, -0.15) is 0 Å². The maximum atomic E-state index is 5.54. The highest BCUT2D eigenvalue weighted by Gasteiger charge is 2.16. The summed E-state index contributed by atoms with van der Waals surface area (Å²) in [6.45, 7) is 7.60. The molecule has 1 aliphatic heterocycles. The van der Waals surface area contributed by atoms with Crippen LogP contribution >= 0.6 is 23.6 Å². The Labute approximate surface area is 159 Å². The van der Waals surface area contributed by atoms with Gasteiger partial charge < -0.3 is 15.4 Å². The summed E-state index contributed by atoms with van der Waals surface area (Å²) in [5.41, 5.74) is 2.49. The van der Waals surface area contributed by atoms with Crippen LogP contribution in [0.3, 0.4) is 0 Å². The standard InChI is InChI=1S/C19H25N3OS2/c1-15-4-6-16(7-5-15)18(17-3-2-14-25-17)21-19(24)20-8-9-22-10-12-23-13-11-22/h2-7,14,18H,8-13H2,1H3,(H2,20,21,24)/t18-/m0/s1. The lowest BCUT2D eigenvalue weighted by Gasteiger charge is -2.27. The van der Waals surface area contributed by atoms with E-state index >= 15 is 0 Å². The summed E-state index contributed by atoms with van der Waals surface area (Å²) in [4.78, 5) is 3.66. The predicted octanol–water partition coefficient (Wildman–Crippen LogP) is 2.94. The van der Waals surface area contributed by atoms with E-state index in [0.717, 1.165) is 39.4 Å². The lowest BCUT2D eigenvalue weighted by molar-refractivity contribution is 0.0389. The highest BCUT2D eigenvalue weighted by Crippen LogP contribution is 2.26. The third-order valence-electron chi connectivity index (χ3n) is 4.33.